The minimum absolute atomic E-state index is 0.0859. The van der Waals surface area contributed by atoms with Gasteiger partial charge in [-0.15, -0.1) is 0 Å². The number of nitrogens with zero attached hydrogens (tertiary/aromatic N) is 1. The van der Waals surface area contributed by atoms with Gasteiger partial charge in [0.15, 0.2) is 0 Å². The molecule has 98 valence electrons. The molecule has 1 aliphatic heterocycles. The van der Waals surface area contributed by atoms with Gasteiger partial charge in [0.1, 0.15) is 5.82 Å². The van der Waals surface area contributed by atoms with Gasteiger partial charge in [-0.05, 0) is 31.0 Å². The average Bonchev–Trinajstić information content (AvgIpc) is 2.82. The number of carbonyl (C=O) groups excluding carboxylic acids is 1. The Labute approximate surface area is 105 Å². The number of carbonyl (C=O) groups is 1. The van der Waals surface area contributed by atoms with E-state index in [1.54, 1.807) is 17.0 Å². The number of nitrogens with one attached hydrogen (secondary N) is 1. The molecule has 0 radical (unpaired) electrons. The molecule has 1 unspecified atom stereocenters. The molecule has 2 amide bonds. The molecule has 1 heterocycles. The lowest BCUT2D eigenvalue weighted by atomic mass is 10.1. The first-order valence-corrected chi connectivity index (χ1v) is 6.03. The van der Waals surface area contributed by atoms with Gasteiger partial charge in [-0.25, -0.2) is 9.18 Å². The van der Waals surface area contributed by atoms with Crippen LogP contribution in [0.2, 0.25) is 0 Å². The molecule has 1 aromatic carbocycles. The van der Waals surface area contributed by atoms with E-state index in [1.807, 2.05) is 6.92 Å². The van der Waals surface area contributed by atoms with Crippen LogP contribution in [0.4, 0.5) is 14.9 Å². The van der Waals surface area contributed by atoms with Crippen molar-refractivity contribution < 1.29 is 14.3 Å². The van der Waals surface area contributed by atoms with Gasteiger partial charge in [-0.1, -0.05) is 6.07 Å². The van der Waals surface area contributed by atoms with Gasteiger partial charge < -0.3 is 15.3 Å². The van der Waals surface area contributed by atoms with Crippen LogP contribution in [0.15, 0.2) is 18.2 Å². The van der Waals surface area contributed by atoms with Crippen molar-refractivity contribution in [1.82, 2.24) is 4.90 Å². The van der Waals surface area contributed by atoms with E-state index in [-0.39, 0.29) is 24.2 Å². The standard InChI is InChI=1S/C13H17FN2O2/c1-9-2-3-11(14)12(6-9)15-13(18)16-5-4-10(7-16)8-17/h2-3,6,10,17H,4-5,7-8H2,1H3,(H,15,18). The van der Waals surface area contributed by atoms with Crippen molar-refractivity contribution in [2.24, 2.45) is 5.92 Å². The third-order valence-corrected chi connectivity index (χ3v) is 3.19. The maximum atomic E-state index is 13.5. The molecular weight excluding hydrogens is 235 g/mol. The number of aliphatic hydroxyl groups excluding tert-OH is 1. The Bertz CT molecular complexity index is 451. The summed E-state index contributed by atoms with van der Waals surface area (Å²) < 4.78 is 13.5. The number of hydrogen-bond donors (Lipinski definition) is 2. The number of likely N-dealkylation sites (tertiary alicyclic amines) is 1. The van der Waals surface area contributed by atoms with E-state index in [2.05, 4.69) is 5.32 Å². The van der Waals surface area contributed by atoms with Crippen LogP contribution in [-0.2, 0) is 0 Å². The summed E-state index contributed by atoms with van der Waals surface area (Å²) in [5.74, 6) is -0.301. The second-order valence-electron chi connectivity index (χ2n) is 4.70. The smallest absolute Gasteiger partial charge is 0.321 e. The summed E-state index contributed by atoms with van der Waals surface area (Å²) in [6.07, 6.45) is 0.792. The minimum Gasteiger partial charge on any atom is -0.396 e. The molecule has 18 heavy (non-hydrogen) atoms. The van der Waals surface area contributed by atoms with E-state index in [1.165, 1.54) is 6.07 Å². The van der Waals surface area contributed by atoms with Crippen LogP contribution in [0.1, 0.15) is 12.0 Å². The summed E-state index contributed by atoms with van der Waals surface area (Å²) in [6.45, 7) is 3.05. The molecule has 1 fully saturated rings. The molecular formula is C13H17FN2O2. The van der Waals surface area contributed by atoms with Crippen molar-refractivity contribution in [3.8, 4) is 0 Å². The molecule has 1 aromatic rings. The molecule has 4 nitrogen and oxygen atoms in total. The maximum absolute atomic E-state index is 13.5. The quantitative estimate of drug-likeness (QED) is 0.845. The normalized spacial score (nSPS) is 19.1. The van der Waals surface area contributed by atoms with Crippen LogP contribution >= 0.6 is 0 Å². The molecule has 0 saturated carbocycles. The van der Waals surface area contributed by atoms with Gasteiger partial charge in [0.25, 0.3) is 0 Å². The highest BCUT2D eigenvalue weighted by molar-refractivity contribution is 5.89. The van der Waals surface area contributed by atoms with Gasteiger partial charge >= 0.3 is 6.03 Å². The Morgan fingerprint density at radius 3 is 3.06 bits per heavy atom. The molecule has 0 bridgehead atoms. The number of hydrogen-bond acceptors (Lipinski definition) is 2. The molecule has 1 saturated heterocycles. The highest BCUT2D eigenvalue weighted by atomic mass is 19.1. The Morgan fingerprint density at radius 2 is 2.39 bits per heavy atom. The first-order valence-electron chi connectivity index (χ1n) is 6.03. The third-order valence-electron chi connectivity index (χ3n) is 3.19. The Balaban J connectivity index is 2.01. The van der Waals surface area contributed by atoms with E-state index in [0.717, 1.165) is 12.0 Å². The second-order valence-corrected chi connectivity index (χ2v) is 4.70. The molecule has 2 rings (SSSR count). The summed E-state index contributed by atoms with van der Waals surface area (Å²) in [6, 6.07) is 4.29. The zero-order valence-electron chi connectivity index (χ0n) is 10.3. The Kier molecular flexibility index (Phi) is 3.81. The number of benzene rings is 1. The van der Waals surface area contributed by atoms with E-state index >= 15 is 0 Å². The molecule has 0 aliphatic carbocycles. The predicted molar refractivity (Wildman–Crippen MR) is 66.9 cm³/mol. The zero-order chi connectivity index (χ0) is 13.1. The topological polar surface area (TPSA) is 52.6 Å². The Hall–Kier alpha value is -1.62. The van der Waals surface area contributed by atoms with Crippen LogP contribution in [0.5, 0.6) is 0 Å². The number of aliphatic hydroxyl groups is 1. The van der Waals surface area contributed by atoms with Gasteiger partial charge in [-0.3, -0.25) is 0 Å². The maximum Gasteiger partial charge on any atom is 0.321 e. The van der Waals surface area contributed by atoms with Crippen molar-refractivity contribution in [2.45, 2.75) is 13.3 Å². The fourth-order valence-electron chi connectivity index (χ4n) is 2.10. The fourth-order valence-corrected chi connectivity index (χ4v) is 2.10. The van der Waals surface area contributed by atoms with Crippen LogP contribution < -0.4 is 5.32 Å². The highest BCUT2D eigenvalue weighted by Gasteiger charge is 2.25. The largest absolute Gasteiger partial charge is 0.396 e. The number of anilines is 1. The van der Waals surface area contributed by atoms with Gasteiger partial charge in [0.05, 0.1) is 5.69 Å². The van der Waals surface area contributed by atoms with Crippen molar-refractivity contribution in [2.75, 3.05) is 25.0 Å². The number of aryl methyl sites for hydroxylation is 1. The zero-order valence-corrected chi connectivity index (χ0v) is 10.3. The second kappa shape index (κ2) is 5.35. The molecule has 0 spiro atoms. The third kappa shape index (κ3) is 2.79. The lowest BCUT2D eigenvalue weighted by Gasteiger charge is -2.17. The summed E-state index contributed by atoms with van der Waals surface area (Å²) in [5, 5.41) is 11.6. The molecule has 1 aliphatic rings. The van der Waals surface area contributed by atoms with E-state index < -0.39 is 5.82 Å². The molecule has 2 N–H and O–H groups in total. The minimum atomic E-state index is -0.438. The lowest BCUT2D eigenvalue weighted by molar-refractivity contribution is 0.208. The Morgan fingerprint density at radius 1 is 1.61 bits per heavy atom. The van der Waals surface area contributed by atoms with Crippen LogP contribution in [0.25, 0.3) is 0 Å². The van der Waals surface area contributed by atoms with Crippen LogP contribution in [0, 0.1) is 18.7 Å². The van der Waals surface area contributed by atoms with Crippen molar-refractivity contribution in [1.29, 1.82) is 0 Å². The summed E-state index contributed by atoms with van der Waals surface area (Å²) in [4.78, 5) is 13.5. The summed E-state index contributed by atoms with van der Waals surface area (Å²) in [7, 11) is 0. The first-order chi connectivity index (χ1) is 8.60. The van der Waals surface area contributed by atoms with Gasteiger partial charge in [-0.2, -0.15) is 0 Å². The average molecular weight is 252 g/mol. The van der Waals surface area contributed by atoms with E-state index in [4.69, 9.17) is 5.11 Å². The lowest BCUT2D eigenvalue weighted by Crippen LogP contribution is -2.33. The number of halogens is 1. The number of rotatable bonds is 2. The van der Waals surface area contributed by atoms with Crippen LogP contribution in [0.3, 0.4) is 0 Å². The van der Waals surface area contributed by atoms with Crippen molar-refractivity contribution in [3.63, 3.8) is 0 Å². The van der Waals surface area contributed by atoms with Gasteiger partial charge in [0.2, 0.25) is 0 Å². The summed E-state index contributed by atoms with van der Waals surface area (Å²) >= 11 is 0. The monoisotopic (exact) mass is 252 g/mol. The molecule has 5 heteroatoms. The van der Waals surface area contributed by atoms with E-state index in [9.17, 15) is 9.18 Å². The SMILES string of the molecule is Cc1ccc(F)c(NC(=O)N2CCC(CO)C2)c1. The number of urea groups is 1. The number of amides is 2. The van der Waals surface area contributed by atoms with Crippen molar-refractivity contribution in [3.05, 3.63) is 29.6 Å². The molecule has 0 aromatic heterocycles. The molecule has 1 atom stereocenters. The predicted octanol–water partition coefficient (Wildman–Crippen LogP) is 1.98. The summed E-state index contributed by atoms with van der Waals surface area (Å²) in [5.41, 5.74) is 1.09. The fraction of sp³-hybridized carbons (Fsp3) is 0.462. The van der Waals surface area contributed by atoms with Crippen LogP contribution in [-0.4, -0.2) is 35.7 Å². The van der Waals surface area contributed by atoms with Crippen molar-refractivity contribution >= 4 is 11.7 Å². The van der Waals surface area contributed by atoms with E-state index in [0.29, 0.717) is 13.1 Å². The first kappa shape index (κ1) is 12.8. The van der Waals surface area contributed by atoms with Gasteiger partial charge in [0, 0.05) is 25.6 Å². The highest BCUT2D eigenvalue weighted by Crippen LogP contribution is 2.19.